The molecule has 0 unspecified atom stereocenters. The second-order valence-electron chi connectivity index (χ2n) is 6.23. The van der Waals surface area contributed by atoms with Gasteiger partial charge in [0.15, 0.2) is 0 Å². The van der Waals surface area contributed by atoms with Crippen LogP contribution in [0.2, 0.25) is 0 Å². The summed E-state index contributed by atoms with van der Waals surface area (Å²) < 4.78 is 5.29. The Morgan fingerprint density at radius 3 is 2.81 bits per heavy atom. The van der Waals surface area contributed by atoms with Crippen molar-refractivity contribution >= 4 is 17.4 Å². The summed E-state index contributed by atoms with van der Waals surface area (Å²) in [5, 5.41) is 6.05. The maximum absolute atomic E-state index is 12.2. The summed E-state index contributed by atoms with van der Waals surface area (Å²) in [4.78, 5) is 20.7. The molecule has 1 heterocycles. The number of hydrogen-bond donors (Lipinski definition) is 2. The minimum absolute atomic E-state index is 0.197. The maximum Gasteiger partial charge on any atom is 0.271 e. The van der Waals surface area contributed by atoms with E-state index in [2.05, 4.69) is 26.7 Å². The number of hydrogen-bond acceptors (Lipinski definition) is 5. The number of nitrogens with one attached hydrogen (secondary N) is 2. The first-order valence-corrected chi connectivity index (χ1v) is 8.94. The van der Waals surface area contributed by atoms with E-state index in [1.54, 1.807) is 13.3 Å². The molecule has 136 valence electrons. The molecule has 3 rings (SSSR count). The molecular formula is C20H24N4O2. The van der Waals surface area contributed by atoms with E-state index < -0.39 is 0 Å². The molecule has 6 nitrogen and oxygen atoms in total. The average molecular weight is 352 g/mol. The van der Waals surface area contributed by atoms with Crippen molar-refractivity contribution < 1.29 is 9.53 Å². The third-order valence-corrected chi connectivity index (χ3v) is 4.37. The summed E-state index contributed by atoms with van der Waals surface area (Å²) in [5.74, 6) is 1.07. The molecule has 0 radical (unpaired) electrons. The Balaban J connectivity index is 1.53. The number of aromatic nitrogens is 2. The lowest BCUT2D eigenvalue weighted by Crippen LogP contribution is -2.26. The Hall–Kier alpha value is -2.89. The fourth-order valence-electron chi connectivity index (χ4n) is 2.95. The van der Waals surface area contributed by atoms with Crippen LogP contribution in [0, 0.1) is 0 Å². The standard InChI is InChI=1S/C20H24N4O2/c1-26-18-10-6-5-9-16(18)24-19-14-22-17(13-23-19)20(25)21-12-11-15-7-3-2-4-8-15/h5-7,9-10,13-14H,2-4,8,11-12H2,1H3,(H,21,25)(H,23,24). The zero-order chi connectivity index (χ0) is 18.2. The fraction of sp³-hybridized carbons (Fsp3) is 0.350. The molecule has 1 aromatic heterocycles. The minimum atomic E-state index is -0.197. The maximum atomic E-state index is 12.2. The summed E-state index contributed by atoms with van der Waals surface area (Å²) in [6, 6.07) is 7.55. The molecule has 0 aliphatic heterocycles. The molecule has 0 bridgehead atoms. The summed E-state index contributed by atoms with van der Waals surface area (Å²) in [7, 11) is 1.61. The first-order valence-electron chi connectivity index (χ1n) is 8.94. The van der Waals surface area contributed by atoms with Crippen LogP contribution in [0.5, 0.6) is 5.75 Å². The van der Waals surface area contributed by atoms with Gasteiger partial charge in [-0.3, -0.25) is 4.79 Å². The van der Waals surface area contributed by atoms with Gasteiger partial charge in [-0.1, -0.05) is 23.8 Å². The first-order chi connectivity index (χ1) is 12.8. The molecule has 1 aliphatic carbocycles. The van der Waals surface area contributed by atoms with Crippen molar-refractivity contribution in [2.24, 2.45) is 0 Å². The molecule has 1 aliphatic rings. The van der Waals surface area contributed by atoms with E-state index in [4.69, 9.17) is 4.74 Å². The predicted octanol–water partition coefficient (Wildman–Crippen LogP) is 3.85. The Kier molecular flexibility index (Phi) is 6.19. The van der Waals surface area contributed by atoms with Crippen LogP contribution in [-0.4, -0.2) is 29.5 Å². The summed E-state index contributed by atoms with van der Waals surface area (Å²) >= 11 is 0. The van der Waals surface area contributed by atoms with Gasteiger partial charge in [0.25, 0.3) is 5.91 Å². The lowest BCUT2D eigenvalue weighted by Gasteiger charge is -2.13. The van der Waals surface area contributed by atoms with Crippen LogP contribution < -0.4 is 15.4 Å². The SMILES string of the molecule is COc1ccccc1Nc1cnc(C(=O)NCCC2=CCCCC2)cn1. The van der Waals surface area contributed by atoms with Gasteiger partial charge in [0.05, 0.1) is 25.2 Å². The smallest absolute Gasteiger partial charge is 0.271 e. The lowest BCUT2D eigenvalue weighted by atomic mass is 9.97. The highest BCUT2D eigenvalue weighted by molar-refractivity contribution is 5.92. The van der Waals surface area contributed by atoms with Gasteiger partial charge in [0, 0.05) is 6.54 Å². The number of amides is 1. The summed E-state index contributed by atoms with van der Waals surface area (Å²) in [5.41, 5.74) is 2.55. The molecule has 0 saturated heterocycles. The second-order valence-corrected chi connectivity index (χ2v) is 6.23. The van der Waals surface area contributed by atoms with E-state index in [0.29, 0.717) is 23.8 Å². The van der Waals surface area contributed by atoms with Crippen LogP contribution >= 0.6 is 0 Å². The summed E-state index contributed by atoms with van der Waals surface area (Å²) in [6.45, 7) is 0.633. The van der Waals surface area contributed by atoms with Crippen LogP contribution in [0.15, 0.2) is 48.3 Å². The van der Waals surface area contributed by atoms with E-state index in [0.717, 1.165) is 24.9 Å². The number of allylic oxidation sites excluding steroid dienone is 1. The quantitative estimate of drug-likeness (QED) is 0.740. The van der Waals surface area contributed by atoms with Crippen LogP contribution in [0.4, 0.5) is 11.5 Å². The zero-order valence-electron chi connectivity index (χ0n) is 15.0. The zero-order valence-corrected chi connectivity index (χ0v) is 15.0. The van der Waals surface area contributed by atoms with Crippen molar-refractivity contribution in [3.05, 3.63) is 54.0 Å². The van der Waals surface area contributed by atoms with E-state index in [1.165, 1.54) is 24.6 Å². The molecular weight excluding hydrogens is 328 g/mol. The monoisotopic (exact) mass is 352 g/mol. The third-order valence-electron chi connectivity index (χ3n) is 4.37. The highest BCUT2D eigenvalue weighted by Crippen LogP contribution is 2.25. The van der Waals surface area contributed by atoms with E-state index in [-0.39, 0.29) is 5.91 Å². The number of para-hydroxylation sites is 2. The number of carbonyl (C=O) groups excluding carboxylic acids is 1. The molecule has 2 aromatic rings. The van der Waals surface area contributed by atoms with Gasteiger partial charge >= 0.3 is 0 Å². The molecule has 6 heteroatoms. The predicted molar refractivity (Wildman–Crippen MR) is 102 cm³/mol. The van der Waals surface area contributed by atoms with Crippen molar-refractivity contribution in [1.82, 2.24) is 15.3 Å². The first kappa shape index (κ1) is 17.9. The normalized spacial score (nSPS) is 13.7. The topological polar surface area (TPSA) is 76.1 Å². The minimum Gasteiger partial charge on any atom is -0.495 e. The largest absolute Gasteiger partial charge is 0.495 e. The molecule has 0 spiro atoms. The van der Waals surface area contributed by atoms with Crippen LogP contribution in [0.1, 0.15) is 42.6 Å². The average Bonchev–Trinajstić information content (AvgIpc) is 2.70. The van der Waals surface area contributed by atoms with Crippen molar-refractivity contribution in [1.29, 1.82) is 0 Å². The van der Waals surface area contributed by atoms with Gasteiger partial charge in [-0.25, -0.2) is 9.97 Å². The van der Waals surface area contributed by atoms with Crippen molar-refractivity contribution in [2.75, 3.05) is 19.0 Å². The highest BCUT2D eigenvalue weighted by Gasteiger charge is 2.10. The Labute approximate surface area is 153 Å². The Bertz CT molecular complexity index is 772. The van der Waals surface area contributed by atoms with Gasteiger partial charge in [-0.2, -0.15) is 0 Å². The fourth-order valence-corrected chi connectivity index (χ4v) is 2.95. The van der Waals surface area contributed by atoms with Gasteiger partial charge in [-0.15, -0.1) is 0 Å². The van der Waals surface area contributed by atoms with Gasteiger partial charge in [-0.05, 0) is 44.2 Å². The second kappa shape index (κ2) is 8.99. The van der Waals surface area contributed by atoms with Crippen LogP contribution in [0.25, 0.3) is 0 Å². The molecule has 26 heavy (non-hydrogen) atoms. The number of ether oxygens (including phenoxy) is 1. The van der Waals surface area contributed by atoms with Gasteiger partial charge in [0.2, 0.25) is 0 Å². The number of anilines is 2. The van der Waals surface area contributed by atoms with Gasteiger partial charge in [0.1, 0.15) is 17.3 Å². The van der Waals surface area contributed by atoms with Gasteiger partial charge < -0.3 is 15.4 Å². The van der Waals surface area contributed by atoms with Crippen LogP contribution in [-0.2, 0) is 0 Å². The number of methoxy groups -OCH3 is 1. The lowest BCUT2D eigenvalue weighted by molar-refractivity contribution is 0.0948. The molecule has 0 atom stereocenters. The molecule has 0 fully saturated rings. The van der Waals surface area contributed by atoms with Crippen molar-refractivity contribution in [3.63, 3.8) is 0 Å². The molecule has 1 amide bonds. The molecule has 0 saturated carbocycles. The molecule has 1 aromatic carbocycles. The summed E-state index contributed by atoms with van der Waals surface area (Å²) in [6.07, 6.45) is 11.1. The molecule has 2 N–H and O–H groups in total. The highest BCUT2D eigenvalue weighted by atomic mass is 16.5. The Morgan fingerprint density at radius 2 is 2.08 bits per heavy atom. The number of carbonyl (C=O) groups is 1. The van der Waals surface area contributed by atoms with Crippen molar-refractivity contribution in [3.8, 4) is 5.75 Å². The van der Waals surface area contributed by atoms with E-state index in [1.807, 2.05) is 24.3 Å². The number of rotatable bonds is 7. The number of nitrogens with zero attached hydrogens (tertiary/aromatic N) is 2. The number of benzene rings is 1. The van der Waals surface area contributed by atoms with E-state index in [9.17, 15) is 4.79 Å². The van der Waals surface area contributed by atoms with E-state index >= 15 is 0 Å². The van der Waals surface area contributed by atoms with Crippen LogP contribution in [0.3, 0.4) is 0 Å². The third kappa shape index (κ3) is 4.81. The van der Waals surface area contributed by atoms with Crippen molar-refractivity contribution in [2.45, 2.75) is 32.1 Å². The Morgan fingerprint density at radius 1 is 1.19 bits per heavy atom.